The van der Waals surface area contributed by atoms with Crippen LogP contribution in [-0.4, -0.2) is 33.4 Å². The van der Waals surface area contributed by atoms with Crippen LogP contribution in [0.5, 0.6) is 0 Å². The molecule has 7 heteroatoms. The summed E-state index contributed by atoms with van der Waals surface area (Å²) in [4.78, 5) is 25.1. The molecule has 1 aliphatic heterocycles. The number of pyridine rings is 1. The summed E-state index contributed by atoms with van der Waals surface area (Å²) in [5, 5.41) is 4.63. The van der Waals surface area contributed by atoms with E-state index in [1.165, 1.54) is 15.2 Å². The molecule has 0 aliphatic carbocycles. The van der Waals surface area contributed by atoms with Crippen LogP contribution in [0.4, 0.5) is 11.4 Å². The summed E-state index contributed by atoms with van der Waals surface area (Å²) in [6.45, 7) is 4.54. The number of hydrogen-bond donors (Lipinski definition) is 1. The first-order valence-corrected chi connectivity index (χ1v) is 11.3. The molecule has 5 rings (SSSR count). The molecule has 0 radical (unpaired) electrons. The van der Waals surface area contributed by atoms with E-state index in [9.17, 15) is 4.79 Å². The van der Waals surface area contributed by atoms with Crippen LogP contribution >= 0.6 is 22.7 Å². The highest BCUT2D eigenvalue weighted by molar-refractivity contribution is 7.19. The molecule has 1 aromatic carbocycles. The number of rotatable bonds is 3. The SMILES string of the molecule is CC(=O)N1CCC=C(c2cc3c(Nc4ccc5scnc5c4)ccnc3s2)C1C. The molecule has 29 heavy (non-hydrogen) atoms. The van der Waals surface area contributed by atoms with Crippen molar-refractivity contribution in [1.29, 1.82) is 0 Å². The van der Waals surface area contributed by atoms with Gasteiger partial charge in [0.2, 0.25) is 5.91 Å². The van der Waals surface area contributed by atoms with Crippen molar-refractivity contribution < 1.29 is 4.79 Å². The van der Waals surface area contributed by atoms with Gasteiger partial charge in [-0.2, -0.15) is 0 Å². The van der Waals surface area contributed by atoms with Crippen molar-refractivity contribution in [2.75, 3.05) is 11.9 Å². The molecule has 0 fully saturated rings. The standard InChI is InChI=1S/C22H20N4OS2/c1-13-16(4-3-9-26(13)14(2)27)21-11-17-18(7-8-23-22(17)29-21)25-15-5-6-20-19(10-15)24-12-28-20/h4-8,10-13H,3,9H2,1-2H3,(H,23,25). The minimum Gasteiger partial charge on any atom is -0.355 e. The second-order valence-corrected chi connectivity index (χ2v) is 9.10. The highest BCUT2D eigenvalue weighted by Gasteiger charge is 2.25. The molecular formula is C22H20N4OS2. The number of amides is 1. The number of hydrogen-bond acceptors (Lipinski definition) is 6. The third-order valence-corrected chi connectivity index (χ3v) is 7.29. The van der Waals surface area contributed by atoms with Crippen LogP contribution in [0.2, 0.25) is 0 Å². The lowest BCUT2D eigenvalue weighted by atomic mass is 9.99. The summed E-state index contributed by atoms with van der Waals surface area (Å²) in [6, 6.07) is 10.5. The van der Waals surface area contributed by atoms with Crippen molar-refractivity contribution in [3.05, 3.63) is 53.0 Å². The monoisotopic (exact) mass is 420 g/mol. The van der Waals surface area contributed by atoms with Crippen molar-refractivity contribution in [3.63, 3.8) is 0 Å². The maximum absolute atomic E-state index is 12.0. The fourth-order valence-corrected chi connectivity index (χ4v) is 5.72. The summed E-state index contributed by atoms with van der Waals surface area (Å²) in [7, 11) is 0. The Morgan fingerprint density at radius 2 is 2.14 bits per heavy atom. The Hall–Kier alpha value is -2.77. The first kappa shape index (κ1) is 18.3. The van der Waals surface area contributed by atoms with E-state index < -0.39 is 0 Å². The highest BCUT2D eigenvalue weighted by Crippen LogP contribution is 2.38. The van der Waals surface area contributed by atoms with Gasteiger partial charge in [-0.3, -0.25) is 4.79 Å². The second-order valence-electron chi connectivity index (χ2n) is 7.18. The largest absolute Gasteiger partial charge is 0.355 e. The number of carbonyl (C=O) groups excluding carboxylic acids is 1. The van der Waals surface area contributed by atoms with Crippen LogP contribution in [0.25, 0.3) is 26.0 Å². The lowest BCUT2D eigenvalue weighted by Gasteiger charge is -2.33. The number of nitrogens with one attached hydrogen (secondary N) is 1. The van der Waals surface area contributed by atoms with Gasteiger partial charge < -0.3 is 10.2 Å². The molecule has 0 spiro atoms. The van der Waals surface area contributed by atoms with Gasteiger partial charge >= 0.3 is 0 Å². The Balaban J connectivity index is 1.51. The summed E-state index contributed by atoms with van der Waals surface area (Å²) >= 11 is 3.33. The van der Waals surface area contributed by atoms with Crippen LogP contribution < -0.4 is 5.32 Å². The first-order chi connectivity index (χ1) is 14.1. The summed E-state index contributed by atoms with van der Waals surface area (Å²) < 4.78 is 1.18. The molecule has 1 atom stereocenters. The van der Waals surface area contributed by atoms with E-state index in [1.54, 1.807) is 29.6 Å². The van der Waals surface area contributed by atoms with Gasteiger partial charge in [0.05, 0.1) is 27.5 Å². The second kappa shape index (κ2) is 7.24. The molecule has 5 nitrogen and oxygen atoms in total. The summed E-state index contributed by atoms with van der Waals surface area (Å²) in [6.07, 6.45) is 4.99. The van der Waals surface area contributed by atoms with Gasteiger partial charge in [-0.15, -0.1) is 22.7 Å². The molecule has 4 heterocycles. The molecule has 1 unspecified atom stereocenters. The molecule has 146 valence electrons. The van der Waals surface area contributed by atoms with Gasteiger partial charge in [0.1, 0.15) is 4.83 Å². The maximum atomic E-state index is 12.0. The fourth-order valence-electron chi connectivity index (χ4n) is 3.91. The molecule has 3 aromatic heterocycles. The quantitative estimate of drug-likeness (QED) is 0.464. The lowest BCUT2D eigenvalue weighted by molar-refractivity contribution is -0.129. The van der Waals surface area contributed by atoms with Gasteiger partial charge in [-0.1, -0.05) is 6.08 Å². The normalized spacial score (nSPS) is 17.0. The van der Waals surface area contributed by atoms with Gasteiger partial charge in [0.15, 0.2) is 0 Å². The smallest absolute Gasteiger partial charge is 0.219 e. The van der Waals surface area contributed by atoms with Crippen LogP contribution in [0, 0.1) is 0 Å². The van der Waals surface area contributed by atoms with E-state index in [0.717, 1.165) is 40.1 Å². The number of anilines is 2. The predicted octanol–water partition coefficient (Wildman–Crippen LogP) is 5.67. The minimum absolute atomic E-state index is 0.0813. The molecule has 1 aliphatic rings. The molecule has 0 saturated heterocycles. The zero-order valence-electron chi connectivity index (χ0n) is 16.2. The third kappa shape index (κ3) is 3.30. The molecule has 0 bridgehead atoms. The Bertz CT molecular complexity index is 1260. The van der Waals surface area contributed by atoms with E-state index in [-0.39, 0.29) is 11.9 Å². The maximum Gasteiger partial charge on any atom is 0.219 e. The molecule has 1 N–H and O–H groups in total. The van der Waals surface area contributed by atoms with E-state index in [4.69, 9.17) is 0 Å². The third-order valence-electron chi connectivity index (χ3n) is 5.39. The van der Waals surface area contributed by atoms with Crippen LogP contribution in [-0.2, 0) is 4.79 Å². The van der Waals surface area contributed by atoms with Crippen molar-refractivity contribution >= 4 is 66.0 Å². The number of aromatic nitrogens is 2. The van der Waals surface area contributed by atoms with Crippen LogP contribution in [0.15, 0.2) is 48.1 Å². The number of carbonyl (C=O) groups is 1. The van der Waals surface area contributed by atoms with Crippen molar-refractivity contribution in [2.45, 2.75) is 26.3 Å². The molecule has 0 saturated carbocycles. The van der Waals surface area contributed by atoms with E-state index >= 15 is 0 Å². The fraction of sp³-hybridized carbons (Fsp3) is 0.227. The topological polar surface area (TPSA) is 58.1 Å². The zero-order valence-corrected chi connectivity index (χ0v) is 17.8. The van der Waals surface area contributed by atoms with Crippen LogP contribution in [0.1, 0.15) is 25.1 Å². The van der Waals surface area contributed by atoms with E-state index in [1.807, 2.05) is 22.7 Å². The molecular weight excluding hydrogens is 400 g/mol. The van der Waals surface area contributed by atoms with Crippen molar-refractivity contribution in [3.8, 4) is 0 Å². The van der Waals surface area contributed by atoms with Crippen molar-refractivity contribution in [2.24, 2.45) is 0 Å². The van der Waals surface area contributed by atoms with E-state index in [2.05, 4.69) is 52.5 Å². The lowest BCUT2D eigenvalue weighted by Crippen LogP contribution is -2.40. The van der Waals surface area contributed by atoms with Gasteiger partial charge in [0, 0.05) is 35.6 Å². The van der Waals surface area contributed by atoms with E-state index in [0.29, 0.717) is 0 Å². The zero-order chi connectivity index (χ0) is 20.0. The average Bonchev–Trinajstić information content (AvgIpc) is 3.34. The van der Waals surface area contributed by atoms with Crippen molar-refractivity contribution in [1.82, 2.24) is 14.9 Å². The number of nitrogens with zero attached hydrogens (tertiary/aromatic N) is 3. The predicted molar refractivity (Wildman–Crippen MR) is 122 cm³/mol. The first-order valence-electron chi connectivity index (χ1n) is 9.56. The number of fused-ring (bicyclic) bond motifs is 2. The van der Waals surface area contributed by atoms with Gasteiger partial charge in [-0.25, -0.2) is 9.97 Å². The molecule has 4 aromatic rings. The van der Waals surface area contributed by atoms with Crippen LogP contribution in [0.3, 0.4) is 0 Å². The summed E-state index contributed by atoms with van der Waals surface area (Å²) in [5.74, 6) is 0.127. The molecule has 1 amide bonds. The Morgan fingerprint density at radius 1 is 1.24 bits per heavy atom. The number of thiophene rings is 1. The average molecular weight is 421 g/mol. The van der Waals surface area contributed by atoms with Gasteiger partial charge in [-0.05, 0) is 49.2 Å². The Morgan fingerprint density at radius 3 is 3.00 bits per heavy atom. The highest BCUT2D eigenvalue weighted by atomic mass is 32.1. The minimum atomic E-state index is 0.0813. The van der Waals surface area contributed by atoms with Gasteiger partial charge in [0.25, 0.3) is 0 Å². The number of thiazole rings is 1. The summed E-state index contributed by atoms with van der Waals surface area (Å²) in [5.41, 5.74) is 6.12. The Kier molecular flexibility index (Phi) is 4.56. The Labute approximate surface area is 176 Å². The number of benzene rings is 1.